The number of hydrogen-bond donors (Lipinski definition) is 0. The Labute approximate surface area is 195 Å². The van der Waals surface area contributed by atoms with E-state index in [4.69, 9.17) is 4.74 Å². The van der Waals surface area contributed by atoms with E-state index in [-0.39, 0.29) is 5.41 Å². The van der Waals surface area contributed by atoms with Crippen LogP contribution in [0, 0.1) is 17.3 Å². The van der Waals surface area contributed by atoms with Crippen LogP contribution in [0.5, 0.6) is 5.75 Å². The van der Waals surface area contributed by atoms with Gasteiger partial charge in [0, 0.05) is 23.4 Å². The fraction of sp³-hybridized carbons (Fsp3) is 0.333. The number of hydrogen-bond acceptors (Lipinski definition) is 4. The van der Waals surface area contributed by atoms with Crippen molar-refractivity contribution in [2.75, 3.05) is 13.1 Å². The van der Waals surface area contributed by atoms with E-state index >= 15 is 0 Å². The van der Waals surface area contributed by atoms with Crippen molar-refractivity contribution >= 4 is 22.7 Å². The van der Waals surface area contributed by atoms with Crippen LogP contribution in [0.1, 0.15) is 38.1 Å². The summed E-state index contributed by atoms with van der Waals surface area (Å²) in [5, 5.41) is 6.50. The topological polar surface area (TPSA) is 12.5 Å². The molecule has 0 fully saturated rings. The van der Waals surface area contributed by atoms with Gasteiger partial charge in [0.05, 0.1) is 0 Å². The quantitative estimate of drug-likeness (QED) is 0.314. The van der Waals surface area contributed by atoms with E-state index in [0.717, 1.165) is 25.4 Å². The molecule has 0 unspecified atom stereocenters. The SMILES string of the molecule is CCN(C/C=C/C#CC(C)(C)C)Cc1cccc(OCc2cc(-c3ccsc3)cs2)c1. The number of allylic oxidation sites excluding steroid dienone is 1. The summed E-state index contributed by atoms with van der Waals surface area (Å²) in [4.78, 5) is 3.63. The van der Waals surface area contributed by atoms with E-state index in [2.05, 4.69) is 97.0 Å². The summed E-state index contributed by atoms with van der Waals surface area (Å²) >= 11 is 3.48. The molecule has 0 amide bonds. The lowest BCUT2D eigenvalue weighted by molar-refractivity contribution is 0.301. The average molecular weight is 450 g/mol. The van der Waals surface area contributed by atoms with Gasteiger partial charge in [-0.05, 0) is 90.5 Å². The lowest BCUT2D eigenvalue weighted by atomic mass is 9.98. The number of rotatable bonds is 9. The van der Waals surface area contributed by atoms with Crippen LogP contribution >= 0.6 is 22.7 Å². The van der Waals surface area contributed by atoms with Crippen molar-refractivity contribution in [1.82, 2.24) is 4.90 Å². The molecule has 0 saturated heterocycles. The molecule has 3 aromatic rings. The third-order valence-electron chi connectivity index (χ3n) is 4.65. The van der Waals surface area contributed by atoms with Gasteiger partial charge < -0.3 is 4.74 Å². The fourth-order valence-corrected chi connectivity index (χ4v) is 4.48. The Kier molecular flexibility index (Phi) is 8.54. The smallest absolute Gasteiger partial charge is 0.122 e. The largest absolute Gasteiger partial charge is 0.488 e. The van der Waals surface area contributed by atoms with Crippen molar-refractivity contribution in [3.05, 3.63) is 75.1 Å². The first-order valence-electron chi connectivity index (χ1n) is 10.6. The number of thiophene rings is 2. The zero-order chi connectivity index (χ0) is 22.1. The van der Waals surface area contributed by atoms with Gasteiger partial charge >= 0.3 is 0 Å². The monoisotopic (exact) mass is 449 g/mol. The lowest BCUT2D eigenvalue weighted by Gasteiger charge is -2.18. The minimum Gasteiger partial charge on any atom is -0.488 e. The van der Waals surface area contributed by atoms with Gasteiger partial charge in [-0.2, -0.15) is 11.3 Å². The lowest BCUT2D eigenvalue weighted by Crippen LogP contribution is -2.22. The van der Waals surface area contributed by atoms with Gasteiger partial charge in [-0.1, -0.05) is 37.0 Å². The molecule has 2 aromatic heterocycles. The van der Waals surface area contributed by atoms with Gasteiger partial charge in [0.2, 0.25) is 0 Å². The van der Waals surface area contributed by atoms with Crippen LogP contribution < -0.4 is 4.74 Å². The van der Waals surface area contributed by atoms with Crippen LogP contribution in [0.3, 0.4) is 0 Å². The summed E-state index contributed by atoms with van der Waals surface area (Å²) in [5.74, 6) is 7.30. The van der Waals surface area contributed by atoms with Crippen molar-refractivity contribution in [1.29, 1.82) is 0 Å². The number of nitrogens with zero attached hydrogens (tertiary/aromatic N) is 1. The summed E-state index contributed by atoms with van der Waals surface area (Å²) in [7, 11) is 0. The summed E-state index contributed by atoms with van der Waals surface area (Å²) in [5.41, 5.74) is 3.87. The minimum atomic E-state index is 0.0454. The van der Waals surface area contributed by atoms with E-state index in [9.17, 15) is 0 Å². The van der Waals surface area contributed by atoms with E-state index in [1.54, 1.807) is 22.7 Å². The van der Waals surface area contributed by atoms with E-state index < -0.39 is 0 Å². The third kappa shape index (κ3) is 8.03. The molecule has 0 saturated carbocycles. The highest BCUT2D eigenvalue weighted by molar-refractivity contribution is 7.10. The molecule has 2 nitrogen and oxygen atoms in total. The molecular formula is C27H31NOS2. The maximum absolute atomic E-state index is 6.09. The Morgan fingerprint density at radius 1 is 1.10 bits per heavy atom. The van der Waals surface area contributed by atoms with Gasteiger partial charge in [0.15, 0.2) is 0 Å². The van der Waals surface area contributed by atoms with Gasteiger partial charge in [-0.3, -0.25) is 4.90 Å². The van der Waals surface area contributed by atoms with Crippen molar-refractivity contribution < 1.29 is 4.74 Å². The summed E-state index contributed by atoms with van der Waals surface area (Å²) < 4.78 is 6.09. The van der Waals surface area contributed by atoms with Gasteiger partial charge in [0.1, 0.15) is 12.4 Å². The number of likely N-dealkylation sites (N-methyl/N-ethyl adjacent to an activating group) is 1. The van der Waals surface area contributed by atoms with E-state index in [0.29, 0.717) is 6.61 Å². The first-order chi connectivity index (χ1) is 14.9. The van der Waals surface area contributed by atoms with Crippen LogP contribution in [-0.4, -0.2) is 18.0 Å². The maximum Gasteiger partial charge on any atom is 0.122 e. The highest BCUT2D eigenvalue weighted by atomic mass is 32.1. The van der Waals surface area contributed by atoms with Gasteiger partial charge in [0.25, 0.3) is 0 Å². The first-order valence-corrected chi connectivity index (χ1v) is 12.5. The van der Waals surface area contributed by atoms with Crippen molar-refractivity contribution in [3.63, 3.8) is 0 Å². The average Bonchev–Trinajstić information content (AvgIpc) is 3.42. The molecule has 3 rings (SSSR count). The zero-order valence-corrected chi connectivity index (χ0v) is 20.5. The molecule has 0 aliphatic rings. The standard InChI is InChI=1S/C27H31NOS2/c1-5-28(14-8-6-7-13-27(2,3)4)18-22-10-9-11-25(16-22)29-19-26-17-24(21-31-26)23-12-15-30-20-23/h6,8-12,15-17,20-21H,5,14,18-19H2,1-4H3/b8-6+. The Bertz CT molecular complexity index is 1030. The van der Waals surface area contributed by atoms with Gasteiger partial charge in [-0.15, -0.1) is 11.3 Å². The van der Waals surface area contributed by atoms with Crippen LogP contribution in [0.15, 0.2) is 64.7 Å². The second kappa shape index (κ2) is 11.3. The molecule has 0 atom stereocenters. The molecule has 0 aliphatic heterocycles. The highest BCUT2D eigenvalue weighted by Gasteiger charge is 2.06. The molecule has 0 spiro atoms. The Hall–Kier alpha value is -2.32. The molecule has 0 bridgehead atoms. The molecule has 0 aliphatic carbocycles. The Morgan fingerprint density at radius 3 is 2.71 bits per heavy atom. The second-order valence-corrected chi connectivity index (χ2v) is 10.3. The summed E-state index contributed by atoms with van der Waals surface area (Å²) in [6.07, 6.45) is 4.11. The predicted molar refractivity (Wildman–Crippen MR) is 136 cm³/mol. The summed E-state index contributed by atoms with van der Waals surface area (Å²) in [6, 6.07) is 12.8. The van der Waals surface area contributed by atoms with Crippen molar-refractivity contribution in [2.45, 2.75) is 40.8 Å². The first kappa shape index (κ1) is 23.3. The fourth-order valence-electron chi connectivity index (χ4n) is 3.01. The van der Waals surface area contributed by atoms with Crippen LogP contribution in [0.2, 0.25) is 0 Å². The normalized spacial score (nSPS) is 11.6. The number of benzene rings is 1. The minimum absolute atomic E-state index is 0.0454. The van der Waals surface area contributed by atoms with E-state index in [1.165, 1.54) is 21.6 Å². The Morgan fingerprint density at radius 2 is 1.97 bits per heavy atom. The highest BCUT2D eigenvalue weighted by Crippen LogP contribution is 2.28. The van der Waals surface area contributed by atoms with Crippen molar-refractivity contribution in [3.8, 4) is 28.7 Å². The molecule has 4 heteroatoms. The predicted octanol–water partition coefficient (Wildman–Crippen LogP) is 7.48. The van der Waals surface area contributed by atoms with Crippen molar-refractivity contribution in [2.24, 2.45) is 5.41 Å². The van der Waals surface area contributed by atoms with Crippen LogP contribution in [0.4, 0.5) is 0 Å². The zero-order valence-electron chi connectivity index (χ0n) is 18.9. The number of ether oxygens (including phenoxy) is 1. The second-order valence-electron chi connectivity index (χ2n) is 8.50. The maximum atomic E-state index is 6.09. The molecule has 31 heavy (non-hydrogen) atoms. The van der Waals surface area contributed by atoms with E-state index in [1.807, 2.05) is 12.1 Å². The molecular weight excluding hydrogens is 418 g/mol. The molecule has 2 heterocycles. The molecule has 0 radical (unpaired) electrons. The third-order valence-corrected chi connectivity index (χ3v) is 6.25. The molecule has 162 valence electrons. The van der Waals surface area contributed by atoms with Crippen LogP contribution in [0.25, 0.3) is 11.1 Å². The van der Waals surface area contributed by atoms with Gasteiger partial charge in [-0.25, -0.2) is 0 Å². The molecule has 0 N–H and O–H groups in total. The van der Waals surface area contributed by atoms with Crippen LogP contribution in [-0.2, 0) is 13.2 Å². The Balaban J connectivity index is 1.53. The summed E-state index contributed by atoms with van der Waals surface area (Å²) in [6.45, 7) is 11.9. The molecule has 1 aromatic carbocycles.